The van der Waals surface area contributed by atoms with E-state index in [-0.39, 0.29) is 65.5 Å². The zero-order chi connectivity index (χ0) is 23.9. The molecule has 1 heterocycles. The minimum atomic E-state index is -1.60. The standard InChI is InChI=1S/C27H25NO6.2Na/c29-26(30)22(27(31)32)6-2-1-5-17-33-21-15-13-19(14-16-21)18-9-11-20(12-10-18)25-28-23-7-3-4-8-24(23)34-25;;/h3-4,7-16,22H,1-2,5-6,17H2,(H,29,30)(H,31,32);;/q;2*+1/p-2. The van der Waals surface area contributed by atoms with Crippen LogP contribution in [0.2, 0.25) is 0 Å². The van der Waals surface area contributed by atoms with E-state index >= 15 is 0 Å². The summed E-state index contributed by atoms with van der Waals surface area (Å²) in [5.41, 5.74) is 4.60. The third-order valence-electron chi connectivity index (χ3n) is 5.59. The summed E-state index contributed by atoms with van der Waals surface area (Å²) in [5, 5.41) is 21.5. The van der Waals surface area contributed by atoms with Crippen LogP contribution in [0.4, 0.5) is 0 Å². The van der Waals surface area contributed by atoms with Crippen molar-refractivity contribution in [1.29, 1.82) is 0 Å². The zero-order valence-corrected chi connectivity index (χ0v) is 24.4. The van der Waals surface area contributed by atoms with Crippen molar-refractivity contribution in [2.24, 2.45) is 5.92 Å². The Hall–Kier alpha value is -2.13. The Morgan fingerprint density at radius 1 is 0.778 bits per heavy atom. The fourth-order valence-corrected chi connectivity index (χ4v) is 3.69. The zero-order valence-electron chi connectivity index (χ0n) is 20.4. The molecule has 0 bridgehead atoms. The summed E-state index contributed by atoms with van der Waals surface area (Å²) >= 11 is 0. The van der Waals surface area contributed by atoms with Crippen LogP contribution in [0.25, 0.3) is 33.7 Å². The van der Waals surface area contributed by atoms with Crippen molar-refractivity contribution < 1.29 is 88.1 Å². The van der Waals surface area contributed by atoms with Crippen LogP contribution < -0.4 is 74.1 Å². The molecule has 4 rings (SSSR count). The van der Waals surface area contributed by atoms with E-state index in [1.165, 1.54) is 0 Å². The first-order chi connectivity index (χ1) is 16.5. The van der Waals surface area contributed by atoms with Gasteiger partial charge in [0, 0.05) is 11.5 Å². The van der Waals surface area contributed by atoms with Crippen molar-refractivity contribution in [3.8, 4) is 28.3 Å². The topological polar surface area (TPSA) is 116 Å². The molecule has 0 unspecified atom stereocenters. The molecule has 0 aliphatic heterocycles. The largest absolute Gasteiger partial charge is 1.00 e. The number of carboxylic acid groups (broad SMARTS) is 2. The van der Waals surface area contributed by atoms with Crippen LogP contribution in [0, 0.1) is 5.92 Å². The van der Waals surface area contributed by atoms with Crippen LogP contribution in [0.3, 0.4) is 0 Å². The molecule has 0 aliphatic carbocycles. The first kappa shape index (κ1) is 30.1. The van der Waals surface area contributed by atoms with E-state index in [9.17, 15) is 19.8 Å². The molecule has 1 aromatic heterocycles. The smallest absolute Gasteiger partial charge is 0.549 e. The molecule has 0 atom stereocenters. The molecule has 7 nitrogen and oxygen atoms in total. The van der Waals surface area contributed by atoms with E-state index in [1.54, 1.807) is 0 Å². The van der Waals surface area contributed by atoms with Crippen LogP contribution in [0.5, 0.6) is 5.75 Å². The van der Waals surface area contributed by atoms with Crippen LogP contribution >= 0.6 is 0 Å². The summed E-state index contributed by atoms with van der Waals surface area (Å²) in [7, 11) is 0. The maximum Gasteiger partial charge on any atom is 1.00 e. The van der Waals surface area contributed by atoms with Crippen LogP contribution in [-0.4, -0.2) is 23.5 Å². The number of unbranched alkanes of at least 4 members (excludes halogenated alkanes) is 2. The number of carboxylic acids is 2. The molecule has 174 valence electrons. The van der Waals surface area contributed by atoms with Gasteiger partial charge < -0.3 is 29.0 Å². The number of nitrogens with zero attached hydrogens (tertiary/aromatic N) is 1. The van der Waals surface area contributed by atoms with Gasteiger partial charge in [-0.25, -0.2) is 4.98 Å². The molecule has 0 saturated heterocycles. The summed E-state index contributed by atoms with van der Waals surface area (Å²) in [6.07, 6.45) is 1.80. The number of hydrogen-bond donors (Lipinski definition) is 0. The second-order valence-corrected chi connectivity index (χ2v) is 7.98. The van der Waals surface area contributed by atoms with Gasteiger partial charge in [0.05, 0.1) is 18.5 Å². The molecule has 0 radical (unpaired) electrons. The molecule has 0 spiro atoms. The Balaban J connectivity index is 0.00000228. The number of rotatable bonds is 11. The number of fused-ring (bicyclic) bond motifs is 1. The molecule has 36 heavy (non-hydrogen) atoms. The number of para-hydroxylation sites is 2. The number of ether oxygens (including phenoxy) is 1. The molecular formula is C27H23NNa2O6. The predicted octanol–water partition coefficient (Wildman–Crippen LogP) is -2.77. The van der Waals surface area contributed by atoms with Crippen molar-refractivity contribution in [3.63, 3.8) is 0 Å². The van der Waals surface area contributed by atoms with Gasteiger partial charge in [-0.15, -0.1) is 0 Å². The van der Waals surface area contributed by atoms with E-state index in [0.717, 1.165) is 33.5 Å². The Morgan fingerprint density at radius 2 is 1.36 bits per heavy atom. The van der Waals surface area contributed by atoms with Gasteiger partial charge in [-0.3, -0.25) is 0 Å². The van der Waals surface area contributed by atoms with Gasteiger partial charge in [0.15, 0.2) is 5.58 Å². The maximum absolute atomic E-state index is 10.7. The number of oxazole rings is 1. The van der Waals surface area contributed by atoms with E-state index in [2.05, 4.69) is 4.98 Å². The third-order valence-corrected chi connectivity index (χ3v) is 5.59. The number of aromatic nitrogens is 1. The Kier molecular flexibility index (Phi) is 12.2. The van der Waals surface area contributed by atoms with Gasteiger partial charge >= 0.3 is 59.1 Å². The first-order valence-corrected chi connectivity index (χ1v) is 11.1. The molecule has 0 saturated carbocycles. The van der Waals surface area contributed by atoms with Gasteiger partial charge in [-0.2, -0.15) is 0 Å². The van der Waals surface area contributed by atoms with E-state index in [1.807, 2.05) is 72.8 Å². The quantitative estimate of drug-likeness (QED) is 0.124. The van der Waals surface area contributed by atoms with Crippen molar-refractivity contribution >= 4 is 23.0 Å². The number of aliphatic carboxylic acids is 2. The first-order valence-electron chi connectivity index (χ1n) is 11.1. The van der Waals surface area contributed by atoms with E-state index in [0.29, 0.717) is 31.8 Å². The summed E-state index contributed by atoms with van der Waals surface area (Å²) in [4.78, 5) is 26.0. The molecule has 0 N–H and O–H groups in total. The summed E-state index contributed by atoms with van der Waals surface area (Å²) in [6, 6.07) is 23.4. The summed E-state index contributed by atoms with van der Waals surface area (Å²) in [5.74, 6) is -3.44. The Bertz CT molecular complexity index is 1220. The molecular weight excluding hydrogens is 480 g/mol. The minimum Gasteiger partial charge on any atom is -0.549 e. The third kappa shape index (κ3) is 7.93. The van der Waals surface area contributed by atoms with Crippen molar-refractivity contribution in [2.75, 3.05) is 6.61 Å². The van der Waals surface area contributed by atoms with Crippen LogP contribution in [0.15, 0.2) is 77.2 Å². The van der Waals surface area contributed by atoms with Gasteiger partial charge in [-0.1, -0.05) is 49.2 Å². The van der Waals surface area contributed by atoms with Gasteiger partial charge in [0.25, 0.3) is 0 Å². The van der Waals surface area contributed by atoms with Crippen LogP contribution in [-0.2, 0) is 9.59 Å². The molecule has 4 aromatic rings. The summed E-state index contributed by atoms with van der Waals surface area (Å²) in [6.45, 7) is 0.458. The number of carbonyl (C=O) groups is 2. The van der Waals surface area contributed by atoms with Crippen molar-refractivity contribution in [3.05, 3.63) is 72.8 Å². The SMILES string of the molecule is O=C([O-])C(CCCCCOc1ccc(-c2ccc(-c3nc4ccccc4o3)cc2)cc1)C(=O)[O-].[Na+].[Na+]. The monoisotopic (exact) mass is 503 g/mol. The number of carbonyl (C=O) groups excluding carboxylic acids is 2. The fourth-order valence-electron chi connectivity index (χ4n) is 3.69. The average Bonchev–Trinajstić information content (AvgIpc) is 3.28. The Morgan fingerprint density at radius 3 is 1.97 bits per heavy atom. The van der Waals surface area contributed by atoms with Gasteiger partial charge in [0.2, 0.25) is 5.89 Å². The van der Waals surface area contributed by atoms with Gasteiger partial charge in [0.1, 0.15) is 11.3 Å². The predicted molar refractivity (Wildman–Crippen MR) is 122 cm³/mol. The van der Waals surface area contributed by atoms with Crippen LogP contribution in [0.1, 0.15) is 25.7 Å². The number of benzene rings is 3. The van der Waals surface area contributed by atoms with E-state index in [4.69, 9.17) is 9.15 Å². The maximum atomic E-state index is 10.7. The molecule has 9 heteroatoms. The van der Waals surface area contributed by atoms with Crippen molar-refractivity contribution in [1.82, 2.24) is 4.98 Å². The number of hydrogen-bond acceptors (Lipinski definition) is 7. The fraction of sp³-hybridized carbons (Fsp3) is 0.222. The van der Waals surface area contributed by atoms with E-state index < -0.39 is 17.9 Å². The van der Waals surface area contributed by atoms with Gasteiger partial charge in [-0.05, 0) is 60.4 Å². The molecule has 0 aliphatic rings. The second-order valence-electron chi connectivity index (χ2n) is 7.98. The Labute approximate surface area is 253 Å². The summed E-state index contributed by atoms with van der Waals surface area (Å²) < 4.78 is 11.6. The molecule has 0 amide bonds. The normalized spacial score (nSPS) is 10.5. The second kappa shape index (κ2) is 14.6. The molecule has 3 aromatic carbocycles. The molecule has 0 fully saturated rings. The average molecular weight is 503 g/mol. The van der Waals surface area contributed by atoms with Crippen molar-refractivity contribution in [2.45, 2.75) is 25.7 Å². The minimum absolute atomic E-state index is 0.